The van der Waals surface area contributed by atoms with Gasteiger partial charge in [-0.1, -0.05) is 5.92 Å². The lowest BCUT2D eigenvalue weighted by Crippen LogP contribution is -1.57. The zero-order chi connectivity index (χ0) is 55.0. The van der Waals surface area contributed by atoms with Crippen molar-refractivity contribution in [2.75, 3.05) is 0 Å². The van der Waals surface area contributed by atoms with Crippen LogP contribution in [0.25, 0.3) is 0 Å². The first-order valence-electron chi connectivity index (χ1n) is 19.2. The average Bonchev–Trinajstić information content (AvgIpc) is 3.44. The predicted molar refractivity (Wildman–Crippen MR) is 301 cm³/mol. The fourth-order valence-corrected chi connectivity index (χ4v) is 2.31. The minimum Gasteiger partial charge on any atom is -0.358 e. The summed E-state index contributed by atoms with van der Waals surface area (Å²) in [4.78, 5) is 0. The molecule has 0 aromatic heterocycles. The molecule has 0 heterocycles. The molecule has 0 spiro atoms. The zero-order valence-electron chi connectivity index (χ0n) is 39.0. The van der Waals surface area contributed by atoms with Crippen molar-refractivity contribution >= 4 is 0 Å². The lowest BCUT2D eigenvalue weighted by molar-refractivity contribution is 1.92. The molecular formula is C77H3-. The SMILES string of the molecule is [C-]#CC#CC#CC#CC#CC#CC#CC#CC#CC#CC#CC#CC#CC#CC#CC#CC#CC#CC#CC#CC#CC#CC#CC#CC#CC#CC#CC#CC#CC#CC#CC#CC#CC#CC#CC#CC#CC#CC. The number of hydrogen-bond donors (Lipinski definition) is 0. The standard InChI is InChI=1S/C77H3/c1-3-5-7-9-11-13-15-17-19-21-23-25-27-29-31-33-35-37-39-41-43-45-47-49-51-53-55-57-59-61-63-65-67-69-71-73-75-77-76-74-72-70-68-66-64-62-60-58-56-54-52-50-48-46-44-42-40-38-36-34-32-30-28-26-24-22-20-18-16-14-12-10-8-6-4-2/h1H3/q-1. The van der Waals surface area contributed by atoms with Crippen LogP contribution in [0.3, 0.4) is 0 Å². The monoisotopic (exact) mass is 927 g/mol. The Balaban J connectivity index is 4.61. The molecule has 0 N–H and O–H groups in total. The van der Waals surface area contributed by atoms with Crippen molar-refractivity contribution in [3.05, 3.63) is 6.42 Å². The Bertz CT molecular complexity index is 5160. The molecule has 0 atom stereocenters. The first-order chi connectivity index (χ1) is 38.4. The maximum atomic E-state index is 6.58. The minimum absolute atomic E-state index is 1.68. The third-order valence-corrected chi connectivity index (χ3v) is 4.69. The summed E-state index contributed by atoms with van der Waals surface area (Å²) in [6, 6.07) is 0. The highest BCUT2D eigenvalue weighted by molar-refractivity contribution is 5.53. The number of rotatable bonds is 0. The largest absolute Gasteiger partial charge is 0.358 e. The molecule has 0 saturated carbocycles. The summed E-state index contributed by atoms with van der Waals surface area (Å²) in [7, 11) is 0. The molecule has 0 nitrogen and oxygen atoms in total. The van der Waals surface area contributed by atoms with Crippen molar-refractivity contribution in [3.8, 4) is 444 Å². The van der Waals surface area contributed by atoms with Gasteiger partial charge in [-0.25, -0.2) is 5.92 Å². The van der Waals surface area contributed by atoms with Crippen LogP contribution in [-0.2, 0) is 0 Å². The van der Waals surface area contributed by atoms with E-state index in [1.165, 1.54) is 0 Å². The Morgan fingerprint density at radius 3 is 0.234 bits per heavy atom. The van der Waals surface area contributed by atoms with Crippen LogP contribution in [0.15, 0.2) is 0 Å². The lowest BCUT2D eigenvalue weighted by atomic mass is 10.4. The maximum absolute atomic E-state index is 6.58. The zero-order valence-corrected chi connectivity index (χ0v) is 39.0. The molecule has 0 unspecified atom stereocenters. The lowest BCUT2D eigenvalue weighted by Gasteiger charge is -1.63. The van der Waals surface area contributed by atoms with Crippen LogP contribution in [0, 0.1) is 450 Å². The molecule has 0 rings (SSSR count). The van der Waals surface area contributed by atoms with Gasteiger partial charge in [0.05, 0.1) is 0 Å². The van der Waals surface area contributed by atoms with Gasteiger partial charge in [0.2, 0.25) is 0 Å². The van der Waals surface area contributed by atoms with Crippen molar-refractivity contribution in [1.29, 1.82) is 0 Å². The summed E-state index contributed by atoms with van der Waals surface area (Å²) in [6.07, 6.45) is 6.58. The van der Waals surface area contributed by atoms with Gasteiger partial charge < -0.3 is 6.42 Å². The van der Waals surface area contributed by atoms with E-state index >= 15 is 0 Å². The summed E-state index contributed by atoms with van der Waals surface area (Å²) in [5.41, 5.74) is 0. The highest BCUT2D eigenvalue weighted by atomic mass is 13.7. The molecule has 0 amide bonds. The van der Waals surface area contributed by atoms with E-state index in [0.29, 0.717) is 0 Å². The summed E-state index contributed by atoms with van der Waals surface area (Å²) in [5, 5.41) is 0. The third-order valence-electron chi connectivity index (χ3n) is 4.69. The van der Waals surface area contributed by atoms with Crippen molar-refractivity contribution in [2.24, 2.45) is 0 Å². The van der Waals surface area contributed by atoms with Crippen molar-refractivity contribution in [2.45, 2.75) is 6.92 Å². The van der Waals surface area contributed by atoms with Gasteiger partial charge >= 0.3 is 0 Å². The predicted octanol–water partition coefficient (Wildman–Crippen LogP) is 0.722. The second kappa shape index (κ2) is 59.3. The van der Waals surface area contributed by atoms with Gasteiger partial charge in [-0.2, -0.15) is 0 Å². The van der Waals surface area contributed by atoms with E-state index in [2.05, 4.69) is 438 Å². The van der Waals surface area contributed by atoms with E-state index < -0.39 is 0 Å². The van der Waals surface area contributed by atoms with E-state index in [1.807, 2.05) is 5.92 Å². The topological polar surface area (TPSA) is 0 Å². The highest BCUT2D eigenvalue weighted by Crippen LogP contribution is 1.65. The second-order valence-electron chi connectivity index (χ2n) is 9.50. The molecule has 0 aliphatic carbocycles. The Labute approximate surface area is 454 Å². The Morgan fingerprint density at radius 1 is 0.104 bits per heavy atom. The fraction of sp³-hybridized carbons (Fsp3) is 0.0130. The summed E-state index contributed by atoms with van der Waals surface area (Å²) in [6.45, 7) is 1.68. The Hall–Kier alpha value is -16.7. The van der Waals surface area contributed by atoms with Crippen molar-refractivity contribution in [3.63, 3.8) is 0 Å². The molecule has 0 aromatic rings. The molecule has 0 aliphatic heterocycles. The highest BCUT2D eigenvalue weighted by Gasteiger charge is 1.64. The molecule has 0 saturated heterocycles. The molecule has 77 heavy (non-hydrogen) atoms. The molecule has 0 fully saturated rings. The van der Waals surface area contributed by atoms with Crippen LogP contribution >= 0.6 is 0 Å². The quantitative estimate of drug-likeness (QED) is 0.249. The van der Waals surface area contributed by atoms with E-state index in [0.717, 1.165) is 0 Å². The molecule has 0 bridgehead atoms. The van der Waals surface area contributed by atoms with Gasteiger partial charge in [0.1, 0.15) is 0 Å². The van der Waals surface area contributed by atoms with Crippen molar-refractivity contribution < 1.29 is 0 Å². The molecular weight excluding hydrogens is 925 g/mol. The fourth-order valence-electron chi connectivity index (χ4n) is 2.31. The number of hydrogen-bond acceptors (Lipinski definition) is 0. The second-order valence-corrected chi connectivity index (χ2v) is 9.50. The van der Waals surface area contributed by atoms with Crippen LogP contribution in [0.4, 0.5) is 0 Å². The average molecular weight is 928 g/mol. The van der Waals surface area contributed by atoms with E-state index in [-0.39, 0.29) is 0 Å². The maximum Gasteiger partial charge on any atom is 0 e. The van der Waals surface area contributed by atoms with Gasteiger partial charge in [-0.15, -0.1) is 5.92 Å². The Morgan fingerprint density at radius 2 is 0.169 bits per heavy atom. The summed E-state index contributed by atoms with van der Waals surface area (Å²) in [5.74, 6) is 186. The molecule has 0 radical (unpaired) electrons. The van der Waals surface area contributed by atoms with Gasteiger partial charge in [0.15, 0.2) is 0 Å². The van der Waals surface area contributed by atoms with Crippen molar-refractivity contribution in [1.82, 2.24) is 0 Å². The van der Waals surface area contributed by atoms with E-state index in [4.69, 9.17) is 6.42 Å². The van der Waals surface area contributed by atoms with Gasteiger partial charge in [0, 0.05) is 326 Å². The molecule has 0 aliphatic rings. The van der Waals surface area contributed by atoms with Crippen LogP contribution in [0.1, 0.15) is 6.92 Å². The van der Waals surface area contributed by atoms with Gasteiger partial charge in [-0.05, 0) is 102 Å². The van der Waals surface area contributed by atoms with Crippen LogP contribution < -0.4 is 0 Å². The van der Waals surface area contributed by atoms with Crippen LogP contribution in [0.2, 0.25) is 0 Å². The summed E-state index contributed by atoms with van der Waals surface area (Å²) < 4.78 is 0. The van der Waals surface area contributed by atoms with Gasteiger partial charge in [-0.3, -0.25) is 5.92 Å². The molecule has 312 valence electrons. The molecule has 0 aromatic carbocycles. The Kier molecular flexibility index (Phi) is 46.4. The first-order valence-corrected chi connectivity index (χ1v) is 19.2. The van der Waals surface area contributed by atoms with E-state index in [1.54, 1.807) is 6.92 Å². The minimum atomic E-state index is 1.68. The molecule has 0 heteroatoms. The van der Waals surface area contributed by atoms with E-state index in [9.17, 15) is 0 Å². The summed E-state index contributed by atoms with van der Waals surface area (Å²) >= 11 is 0. The normalized spacial score (nSPS) is 3.95. The van der Waals surface area contributed by atoms with Crippen LogP contribution in [-0.4, -0.2) is 0 Å². The van der Waals surface area contributed by atoms with Crippen LogP contribution in [0.5, 0.6) is 0 Å². The first kappa shape index (κ1) is 60.3. The van der Waals surface area contributed by atoms with Gasteiger partial charge in [0.25, 0.3) is 0 Å². The smallest absolute Gasteiger partial charge is 0 e. The third kappa shape index (κ3) is 59.3.